The first kappa shape index (κ1) is 23.0. The van der Waals surface area contributed by atoms with Gasteiger partial charge < -0.3 is 18.9 Å². The van der Waals surface area contributed by atoms with Crippen molar-refractivity contribution in [1.82, 2.24) is 0 Å². The molecule has 7 heteroatoms. The van der Waals surface area contributed by atoms with Gasteiger partial charge in [0.05, 0.1) is 24.0 Å². The molecule has 0 aromatic heterocycles. The van der Waals surface area contributed by atoms with E-state index in [4.69, 9.17) is 18.9 Å². The van der Waals surface area contributed by atoms with Crippen LogP contribution in [0.4, 0.5) is 0 Å². The van der Waals surface area contributed by atoms with Crippen LogP contribution in [0.5, 0.6) is 0 Å². The average molecular weight is 425 g/mol. The first-order chi connectivity index (χ1) is 13.9. The maximum Gasteiger partial charge on any atom is 0.344 e. The molecule has 0 spiro atoms. The molecule has 0 aromatic carbocycles. The molecule has 30 heavy (non-hydrogen) atoms. The molecule has 2 aliphatic carbocycles. The lowest BCUT2D eigenvalue weighted by Gasteiger charge is -2.40. The number of esters is 3. The van der Waals surface area contributed by atoms with E-state index >= 15 is 0 Å². The fourth-order valence-electron chi connectivity index (χ4n) is 5.72. The summed E-state index contributed by atoms with van der Waals surface area (Å²) in [6, 6.07) is 0. The van der Waals surface area contributed by atoms with Gasteiger partial charge in [-0.2, -0.15) is 0 Å². The van der Waals surface area contributed by atoms with Crippen LogP contribution in [0.1, 0.15) is 54.4 Å². The van der Waals surface area contributed by atoms with Gasteiger partial charge in [-0.05, 0) is 31.1 Å². The largest absolute Gasteiger partial charge is 0.465 e. The number of hydrogen-bond donors (Lipinski definition) is 0. The van der Waals surface area contributed by atoms with Crippen molar-refractivity contribution < 1.29 is 33.3 Å². The fourth-order valence-corrected chi connectivity index (χ4v) is 5.72. The van der Waals surface area contributed by atoms with Crippen molar-refractivity contribution >= 4 is 17.9 Å². The summed E-state index contributed by atoms with van der Waals surface area (Å²) < 4.78 is 22.0. The Kier molecular flexibility index (Phi) is 6.25. The predicted molar refractivity (Wildman–Crippen MR) is 108 cm³/mol. The summed E-state index contributed by atoms with van der Waals surface area (Å²) in [5.74, 6) is -0.847. The maximum absolute atomic E-state index is 12.9. The molecular weight excluding hydrogens is 388 g/mol. The highest BCUT2D eigenvalue weighted by Gasteiger charge is 2.65. The minimum Gasteiger partial charge on any atom is -0.465 e. The lowest BCUT2D eigenvalue weighted by Crippen LogP contribution is -2.46. The van der Waals surface area contributed by atoms with Crippen molar-refractivity contribution in [2.45, 2.75) is 66.6 Å². The van der Waals surface area contributed by atoms with E-state index in [0.717, 1.165) is 6.42 Å². The van der Waals surface area contributed by atoms with Crippen LogP contribution < -0.4 is 0 Å². The van der Waals surface area contributed by atoms with E-state index < -0.39 is 24.1 Å². The Morgan fingerprint density at radius 3 is 2.33 bits per heavy atom. The summed E-state index contributed by atoms with van der Waals surface area (Å²) >= 11 is 0. The normalized spacial score (nSPS) is 34.5. The molecule has 2 saturated carbocycles. The molecule has 3 fully saturated rings. The van der Waals surface area contributed by atoms with Crippen LogP contribution in [-0.4, -0.2) is 50.4 Å². The number of rotatable bonds is 7. The van der Waals surface area contributed by atoms with Gasteiger partial charge in [0.1, 0.15) is 6.10 Å². The lowest BCUT2D eigenvalue weighted by molar-refractivity contribution is -0.179. The van der Waals surface area contributed by atoms with Crippen molar-refractivity contribution in [2.24, 2.45) is 40.4 Å². The zero-order valence-electron chi connectivity index (χ0n) is 19.2. The summed E-state index contributed by atoms with van der Waals surface area (Å²) in [6.45, 7) is 12.0. The molecule has 0 aromatic rings. The molecule has 1 heterocycles. The quantitative estimate of drug-likeness (QED) is 0.458. The van der Waals surface area contributed by atoms with Crippen LogP contribution in [-0.2, 0) is 33.3 Å². The molecular formula is C23H36O7. The van der Waals surface area contributed by atoms with Gasteiger partial charge in [0.25, 0.3) is 0 Å². The molecule has 0 radical (unpaired) electrons. The van der Waals surface area contributed by atoms with Crippen LogP contribution in [0.3, 0.4) is 0 Å². The highest BCUT2D eigenvalue weighted by molar-refractivity contribution is 5.81. The van der Waals surface area contributed by atoms with Gasteiger partial charge in [-0.15, -0.1) is 0 Å². The second-order valence-electron chi connectivity index (χ2n) is 10.8. The smallest absolute Gasteiger partial charge is 0.344 e. The van der Waals surface area contributed by atoms with E-state index in [1.807, 2.05) is 27.7 Å². The Balaban J connectivity index is 1.61. The van der Waals surface area contributed by atoms with E-state index in [-0.39, 0.29) is 47.1 Å². The monoisotopic (exact) mass is 424 g/mol. The van der Waals surface area contributed by atoms with Crippen molar-refractivity contribution in [3.63, 3.8) is 0 Å². The summed E-state index contributed by atoms with van der Waals surface area (Å²) in [7, 11) is 1.57. The molecule has 170 valence electrons. The van der Waals surface area contributed by atoms with Crippen LogP contribution in [0.25, 0.3) is 0 Å². The SMILES string of the molecule is COC1C2CC(C3COC(=O)C32)C1OC(=O)COC(=O)C(C)(CC(C)C)C(C)(C)C. The standard InChI is InChI=1S/C23H36O7/c1-12(2)9-23(6,22(3,4)5)21(26)29-11-16(24)30-19-13-8-14(18(19)27-7)17-15(13)10-28-20(17)25/h12-15,17-19H,8-11H2,1-7H3. The highest BCUT2D eigenvalue weighted by Crippen LogP contribution is 2.57. The first-order valence-corrected chi connectivity index (χ1v) is 11.0. The molecule has 7 nitrogen and oxygen atoms in total. The summed E-state index contributed by atoms with van der Waals surface area (Å²) in [4.78, 5) is 37.5. The zero-order chi connectivity index (χ0) is 22.4. The number of ether oxygens (including phenoxy) is 4. The molecule has 1 saturated heterocycles. The van der Waals surface area contributed by atoms with Crippen LogP contribution >= 0.6 is 0 Å². The molecule has 7 atom stereocenters. The van der Waals surface area contributed by atoms with E-state index in [2.05, 4.69) is 13.8 Å². The minimum absolute atomic E-state index is 0.00979. The Bertz CT molecular complexity index is 694. The molecule has 0 amide bonds. The number of methoxy groups -OCH3 is 1. The molecule has 1 aliphatic heterocycles. The Morgan fingerprint density at radius 2 is 1.77 bits per heavy atom. The Hall–Kier alpha value is -1.63. The van der Waals surface area contributed by atoms with E-state index in [1.54, 1.807) is 7.11 Å². The summed E-state index contributed by atoms with van der Waals surface area (Å²) in [5, 5.41) is 0. The van der Waals surface area contributed by atoms with Gasteiger partial charge in [0, 0.05) is 24.9 Å². The number of hydrogen-bond acceptors (Lipinski definition) is 7. The van der Waals surface area contributed by atoms with E-state index in [9.17, 15) is 14.4 Å². The molecule has 7 unspecified atom stereocenters. The number of fused-ring (bicyclic) bond motifs is 5. The van der Waals surface area contributed by atoms with Crippen molar-refractivity contribution in [2.75, 3.05) is 20.3 Å². The van der Waals surface area contributed by atoms with Crippen LogP contribution in [0.15, 0.2) is 0 Å². The van der Waals surface area contributed by atoms with Gasteiger partial charge in [-0.25, -0.2) is 4.79 Å². The summed E-state index contributed by atoms with van der Waals surface area (Å²) in [6.07, 6.45) is 0.686. The number of carbonyl (C=O) groups is 3. The zero-order valence-corrected chi connectivity index (χ0v) is 19.2. The van der Waals surface area contributed by atoms with Crippen LogP contribution in [0, 0.1) is 40.4 Å². The number of carbonyl (C=O) groups excluding carboxylic acids is 3. The highest BCUT2D eigenvalue weighted by atomic mass is 16.6. The fraction of sp³-hybridized carbons (Fsp3) is 0.870. The third-order valence-corrected chi connectivity index (χ3v) is 7.66. The third kappa shape index (κ3) is 3.85. The second kappa shape index (κ2) is 8.13. The molecule has 3 aliphatic rings. The average Bonchev–Trinajstić information content (AvgIpc) is 3.29. The third-order valence-electron chi connectivity index (χ3n) is 7.66. The molecule has 2 bridgehead atoms. The minimum atomic E-state index is -0.711. The molecule has 0 N–H and O–H groups in total. The molecule has 3 rings (SSSR count). The van der Waals surface area contributed by atoms with Gasteiger partial charge in [-0.1, -0.05) is 34.6 Å². The van der Waals surface area contributed by atoms with Crippen molar-refractivity contribution in [1.29, 1.82) is 0 Å². The van der Waals surface area contributed by atoms with Crippen molar-refractivity contribution in [3.05, 3.63) is 0 Å². The number of cyclic esters (lactones) is 1. The van der Waals surface area contributed by atoms with Gasteiger partial charge in [-0.3, -0.25) is 9.59 Å². The van der Waals surface area contributed by atoms with Gasteiger partial charge in [0.2, 0.25) is 0 Å². The van der Waals surface area contributed by atoms with Crippen LogP contribution in [0.2, 0.25) is 0 Å². The summed E-state index contributed by atoms with van der Waals surface area (Å²) in [5.41, 5.74) is -1.02. The maximum atomic E-state index is 12.9. The van der Waals surface area contributed by atoms with Gasteiger partial charge in [0.15, 0.2) is 6.61 Å². The van der Waals surface area contributed by atoms with E-state index in [1.165, 1.54) is 0 Å². The van der Waals surface area contributed by atoms with E-state index in [0.29, 0.717) is 18.9 Å². The second-order valence-corrected chi connectivity index (χ2v) is 10.8. The predicted octanol–water partition coefficient (Wildman–Crippen LogP) is 2.99. The topological polar surface area (TPSA) is 88.1 Å². The Labute approximate surface area is 179 Å². The van der Waals surface area contributed by atoms with Crippen molar-refractivity contribution in [3.8, 4) is 0 Å². The lowest BCUT2D eigenvalue weighted by atomic mass is 9.64. The van der Waals surface area contributed by atoms with Gasteiger partial charge >= 0.3 is 17.9 Å². The first-order valence-electron chi connectivity index (χ1n) is 11.0. The Morgan fingerprint density at radius 1 is 1.10 bits per heavy atom.